The van der Waals surface area contributed by atoms with Crippen molar-refractivity contribution in [2.75, 3.05) is 19.8 Å². The lowest BCUT2D eigenvalue weighted by atomic mass is 9.71. The minimum Gasteiger partial charge on any atom is -0.396 e. The number of aliphatic hydroxyl groups excluding tert-OH is 5. The summed E-state index contributed by atoms with van der Waals surface area (Å²) in [6, 6.07) is 0. The Hall–Kier alpha value is -1.19. The fourth-order valence-electron chi connectivity index (χ4n) is 3.31. The topological polar surface area (TPSA) is 152 Å². The number of aliphatic hydroxyl groups is 5. The number of rotatable bonds is 17. The van der Waals surface area contributed by atoms with Gasteiger partial charge in [0, 0.05) is 19.6 Å². The Balaban J connectivity index is 5.42. The van der Waals surface area contributed by atoms with Gasteiger partial charge in [0.05, 0.1) is 17.9 Å². The van der Waals surface area contributed by atoms with E-state index in [1.165, 1.54) is 6.92 Å². The minimum absolute atomic E-state index is 0.0104. The van der Waals surface area contributed by atoms with Crippen LogP contribution in [-0.2, 0) is 14.4 Å². The number of unbranched alkanes of at least 4 members (excludes halogenated alkanes) is 3. The van der Waals surface area contributed by atoms with Crippen LogP contribution in [0.3, 0.4) is 0 Å². The van der Waals surface area contributed by atoms with Crippen molar-refractivity contribution in [1.29, 1.82) is 0 Å². The summed E-state index contributed by atoms with van der Waals surface area (Å²) in [5, 5.41) is 48.4. The predicted octanol–water partition coefficient (Wildman–Crippen LogP) is 0.156. The van der Waals surface area contributed by atoms with Gasteiger partial charge in [-0.05, 0) is 39.0 Å². The molecule has 0 aliphatic carbocycles. The van der Waals surface area contributed by atoms with Gasteiger partial charge in [-0.25, -0.2) is 0 Å². The van der Waals surface area contributed by atoms with Crippen molar-refractivity contribution in [3.63, 3.8) is 0 Å². The Morgan fingerprint density at radius 2 is 1.46 bits per heavy atom. The molecule has 4 unspecified atom stereocenters. The zero-order chi connectivity index (χ0) is 21.7. The summed E-state index contributed by atoms with van der Waals surface area (Å²) < 4.78 is 0. The van der Waals surface area contributed by atoms with Crippen molar-refractivity contribution in [2.24, 2.45) is 11.3 Å². The number of carbonyl (C=O) groups excluding carboxylic acids is 3. The molecule has 0 spiro atoms. The van der Waals surface area contributed by atoms with Crippen molar-refractivity contribution in [2.45, 2.75) is 77.4 Å². The number of hydrogen-bond acceptors (Lipinski definition) is 8. The van der Waals surface area contributed by atoms with Crippen LogP contribution in [0, 0.1) is 11.3 Å². The number of Topliss-reactive ketones (excluding diaryl/α,β-unsaturated/α-hetero) is 3. The first kappa shape index (κ1) is 26.8. The molecule has 0 aromatic rings. The van der Waals surface area contributed by atoms with Crippen LogP contribution in [0.2, 0.25) is 0 Å². The Morgan fingerprint density at radius 1 is 0.893 bits per heavy atom. The monoisotopic (exact) mass is 404 g/mol. The van der Waals surface area contributed by atoms with E-state index in [0.717, 1.165) is 0 Å². The zero-order valence-electron chi connectivity index (χ0n) is 17.0. The van der Waals surface area contributed by atoms with E-state index in [2.05, 4.69) is 0 Å². The third-order valence-corrected chi connectivity index (χ3v) is 5.49. The van der Waals surface area contributed by atoms with Crippen molar-refractivity contribution in [1.82, 2.24) is 0 Å². The van der Waals surface area contributed by atoms with Gasteiger partial charge in [0.25, 0.3) is 0 Å². The normalized spacial score (nSPS) is 16.8. The highest BCUT2D eigenvalue weighted by Gasteiger charge is 2.47. The SMILES string of the molecule is CCC(CO)(C(C)=O)C(O)C(=O)C(CCCCO)C(O)C(=O)CCCCCO. The highest BCUT2D eigenvalue weighted by atomic mass is 16.3. The van der Waals surface area contributed by atoms with E-state index in [9.17, 15) is 29.7 Å². The van der Waals surface area contributed by atoms with Gasteiger partial charge in [-0.1, -0.05) is 19.8 Å². The van der Waals surface area contributed by atoms with Crippen LogP contribution in [0.25, 0.3) is 0 Å². The number of ketones is 3. The lowest BCUT2D eigenvalue weighted by Crippen LogP contribution is -2.52. The van der Waals surface area contributed by atoms with Crippen LogP contribution in [0.5, 0.6) is 0 Å². The largest absolute Gasteiger partial charge is 0.396 e. The smallest absolute Gasteiger partial charge is 0.168 e. The molecule has 4 atom stereocenters. The Bertz CT molecular complexity index is 487. The van der Waals surface area contributed by atoms with Crippen molar-refractivity contribution >= 4 is 17.3 Å². The Kier molecular flexibility index (Phi) is 13.3. The van der Waals surface area contributed by atoms with Crippen LogP contribution >= 0.6 is 0 Å². The molecule has 28 heavy (non-hydrogen) atoms. The molecule has 0 aromatic heterocycles. The first-order valence-electron chi connectivity index (χ1n) is 9.99. The maximum absolute atomic E-state index is 12.9. The van der Waals surface area contributed by atoms with Gasteiger partial charge in [-0.15, -0.1) is 0 Å². The molecule has 8 nitrogen and oxygen atoms in total. The summed E-state index contributed by atoms with van der Waals surface area (Å²) in [4.78, 5) is 37.2. The maximum atomic E-state index is 12.9. The average molecular weight is 405 g/mol. The van der Waals surface area contributed by atoms with E-state index in [1.54, 1.807) is 6.92 Å². The molecule has 5 N–H and O–H groups in total. The Labute approximate surface area is 166 Å². The fraction of sp³-hybridized carbons (Fsp3) is 0.850. The van der Waals surface area contributed by atoms with E-state index in [0.29, 0.717) is 32.1 Å². The fourth-order valence-corrected chi connectivity index (χ4v) is 3.31. The highest BCUT2D eigenvalue weighted by molar-refractivity contribution is 5.97. The third-order valence-electron chi connectivity index (χ3n) is 5.49. The van der Waals surface area contributed by atoms with E-state index in [4.69, 9.17) is 10.2 Å². The summed E-state index contributed by atoms with van der Waals surface area (Å²) >= 11 is 0. The quantitative estimate of drug-likeness (QED) is 0.215. The van der Waals surface area contributed by atoms with Crippen LogP contribution in [0.15, 0.2) is 0 Å². The highest BCUT2D eigenvalue weighted by Crippen LogP contribution is 2.31. The Morgan fingerprint density at radius 3 is 1.93 bits per heavy atom. The molecule has 0 saturated heterocycles. The van der Waals surface area contributed by atoms with Gasteiger partial charge in [-0.2, -0.15) is 0 Å². The third kappa shape index (κ3) is 7.33. The zero-order valence-corrected chi connectivity index (χ0v) is 17.0. The second-order valence-electron chi connectivity index (χ2n) is 7.30. The second-order valence-corrected chi connectivity index (χ2v) is 7.30. The maximum Gasteiger partial charge on any atom is 0.168 e. The van der Waals surface area contributed by atoms with Crippen molar-refractivity contribution in [3.8, 4) is 0 Å². The van der Waals surface area contributed by atoms with Crippen LogP contribution in [0.1, 0.15) is 65.2 Å². The first-order chi connectivity index (χ1) is 13.2. The molecule has 0 aliphatic heterocycles. The van der Waals surface area contributed by atoms with E-state index >= 15 is 0 Å². The van der Waals surface area contributed by atoms with Gasteiger partial charge in [0.2, 0.25) is 0 Å². The van der Waals surface area contributed by atoms with E-state index in [-0.39, 0.29) is 32.5 Å². The summed E-state index contributed by atoms with van der Waals surface area (Å²) in [6.45, 7) is 1.92. The number of carbonyl (C=O) groups is 3. The molecule has 8 heteroatoms. The average Bonchev–Trinajstić information content (AvgIpc) is 2.68. The molecule has 164 valence electrons. The molecule has 0 fully saturated rings. The van der Waals surface area contributed by atoms with Crippen LogP contribution in [0.4, 0.5) is 0 Å². The second kappa shape index (κ2) is 13.9. The van der Waals surface area contributed by atoms with Crippen LogP contribution < -0.4 is 0 Å². The predicted molar refractivity (Wildman–Crippen MR) is 102 cm³/mol. The van der Waals surface area contributed by atoms with E-state index < -0.39 is 47.5 Å². The summed E-state index contributed by atoms with van der Waals surface area (Å²) in [5.41, 5.74) is -1.67. The molecule has 0 heterocycles. The van der Waals surface area contributed by atoms with Crippen molar-refractivity contribution in [3.05, 3.63) is 0 Å². The molecular formula is C20H36O8. The lowest BCUT2D eigenvalue weighted by molar-refractivity contribution is -0.156. The molecule has 0 bridgehead atoms. The first-order valence-corrected chi connectivity index (χ1v) is 9.99. The van der Waals surface area contributed by atoms with Gasteiger partial charge in [0.15, 0.2) is 11.6 Å². The molecule has 0 amide bonds. The van der Waals surface area contributed by atoms with Gasteiger partial charge >= 0.3 is 0 Å². The molecule has 0 aromatic carbocycles. The van der Waals surface area contributed by atoms with Gasteiger partial charge in [0.1, 0.15) is 18.0 Å². The minimum atomic E-state index is -1.84. The molecule has 0 rings (SSSR count). The van der Waals surface area contributed by atoms with Gasteiger partial charge in [-0.3, -0.25) is 14.4 Å². The summed E-state index contributed by atoms with van der Waals surface area (Å²) in [7, 11) is 0. The van der Waals surface area contributed by atoms with E-state index in [1.807, 2.05) is 0 Å². The summed E-state index contributed by atoms with van der Waals surface area (Å²) in [6.07, 6.45) is -1.01. The lowest BCUT2D eigenvalue weighted by Gasteiger charge is -2.34. The standard InChI is InChI=1S/C20H36O8/c1-3-20(13-23,14(2)24)19(28)18(27)15(9-6-8-12-22)17(26)16(25)10-5-4-7-11-21/h15,17,19,21-23,26,28H,3-13H2,1-2H3. The van der Waals surface area contributed by atoms with Gasteiger partial charge < -0.3 is 25.5 Å². The molecule has 0 saturated carbocycles. The number of hydrogen-bond donors (Lipinski definition) is 5. The van der Waals surface area contributed by atoms with Crippen LogP contribution in [-0.4, -0.2) is 74.9 Å². The molecule has 0 aliphatic rings. The molecular weight excluding hydrogens is 368 g/mol. The molecule has 0 radical (unpaired) electrons. The van der Waals surface area contributed by atoms with Crippen molar-refractivity contribution < 1.29 is 39.9 Å². The summed E-state index contributed by atoms with van der Waals surface area (Å²) in [5.74, 6) is -3.15.